The molecule has 6 aromatic rings. The standard InChI is InChI=1S/2C24H25N3O/c2*1-16(2)23-15-28-24(27-23)19-11-5-8-14-22(19)26-21-13-7-4-10-18(21)17-9-3-6-12-20(17)25/h2*3-14,16,23,26H,15,25H2,1-2H3/t2*23-/m11/s1. The van der Waals surface area contributed by atoms with Gasteiger partial charge in [0.15, 0.2) is 0 Å². The number of nitrogens with one attached hydrogen (secondary N) is 2. The number of para-hydroxylation sites is 6. The number of hydrogen-bond acceptors (Lipinski definition) is 8. The Balaban J connectivity index is 0.000000172. The van der Waals surface area contributed by atoms with E-state index in [1.807, 2.05) is 109 Å². The van der Waals surface area contributed by atoms with Gasteiger partial charge in [-0.25, -0.2) is 9.98 Å². The van der Waals surface area contributed by atoms with Crippen LogP contribution in [0.15, 0.2) is 156 Å². The molecule has 56 heavy (non-hydrogen) atoms. The van der Waals surface area contributed by atoms with E-state index in [1.165, 1.54) is 0 Å². The normalized spacial score (nSPS) is 16.0. The third-order valence-electron chi connectivity index (χ3n) is 10.1. The van der Waals surface area contributed by atoms with Crippen LogP contribution in [0.3, 0.4) is 0 Å². The topological polar surface area (TPSA) is 119 Å². The predicted octanol–water partition coefficient (Wildman–Crippen LogP) is 11.0. The highest BCUT2D eigenvalue weighted by atomic mass is 16.5. The lowest BCUT2D eigenvalue weighted by Crippen LogP contribution is -2.13. The minimum absolute atomic E-state index is 0.208. The zero-order valence-electron chi connectivity index (χ0n) is 32.4. The molecule has 8 nitrogen and oxygen atoms in total. The van der Waals surface area contributed by atoms with E-state index in [9.17, 15) is 0 Å². The van der Waals surface area contributed by atoms with Gasteiger partial charge >= 0.3 is 0 Å². The van der Waals surface area contributed by atoms with Crippen LogP contribution in [-0.4, -0.2) is 37.1 Å². The molecule has 0 aliphatic carbocycles. The van der Waals surface area contributed by atoms with Gasteiger partial charge in [0.25, 0.3) is 0 Å². The van der Waals surface area contributed by atoms with E-state index in [1.54, 1.807) is 0 Å². The zero-order chi connectivity index (χ0) is 39.0. The number of aliphatic imine (C=N–C) groups is 2. The summed E-state index contributed by atoms with van der Waals surface area (Å²) in [7, 11) is 0. The van der Waals surface area contributed by atoms with Gasteiger partial charge in [0.05, 0.1) is 34.6 Å². The molecule has 2 heterocycles. The molecule has 6 N–H and O–H groups in total. The lowest BCUT2D eigenvalue weighted by molar-refractivity contribution is 0.292. The second kappa shape index (κ2) is 17.3. The molecule has 0 amide bonds. The fourth-order valence-electron chi connectivity index (χ4n) is 6.74. The van der Waals surface area contributed by atoms with Crippen LogP contribution in [0.4, 0.5) is 34.1 Å². The van der Waals surface area contributed by atoms with E-state index >= 15 is 0 Å². The van der Waals surface area contributed by atoms with Crippen LogP contribution in [0.2, 0.25) is 0 Å². The molecule has 2 atom stereocenters. The summed E-state index contributed by atoms with van der Waals surface area (Å²) in [5.74, 6) is 2.33. The maximum atomic E-state index is 6.22. The SMILES string of the molecule is CC(C)[C@H]1COC(c2ccccc2Nc2ccccc2-c2ccccc2N)=N1.CC(C)[C@H]1COC(c2ccccc2Nc2ccccc2-c2ccccc2N)=N1. The summed E-state index contributed by atoms with van der Waals surface area (Å²) in [6, 6.07) is 48.9. The monoisotopic (exact) mass is 742 g/mol. The Kier molecular flexibility index (Phi) is 11.7. The molecule has 0 saturated heterocycles. The maximum Gasteiger partial charge on any atom is 0.218 e. The van der Waals surface area contributed by atoms with Crippen LogP contribution in [0, 0.1) is 11.8 Å². The van der Waals surface area contributed by atoms with Gasteiger partial charge in [-0.05, 0) is 60.4 Å². The first-order valence-corrected chi connectivity index (χ1v) is 19.3. The predicted molar refractivity (Wildman–Crippen MR) is 234 cm³/mol. The summed E-state index contributed by atoms with van der Waals surface area (Å²) in [6.07, 6.45) is 0. The molecule has 0 bridgehead atoms. The number of anilines is 6. The highest BCUT2D eigenvalue weighted by molar-refractivity contribution is 6.03. The van der Waals surface area contributed by atoms with Gasteiger partial charge in [0, 0.05) is 45.0 Å². The van der Waals surface area contributed by atoms with E-state index in [4.69, 9.17) is 30.9 Å². The number of nitrogen functional groups attached to an aromatic ring is 2. The van der Waals surface area contributed by atoms with E-state index in [-0.39, 0.29) is 12.1 Å². The van der Waals surface area contributed by atoms with E-state index in [0.717, 1.165) is 67.5 Å². The van der Waals surface area contributed by atoms with Crippen molar-refractivity contribution in [3.05, 3.63) is 157 Å². The van der Waals surface area contributed by atoms with Gasteiger partial charge < -0.3 is 31.6 Å². The number of hydrogen-bond donors (Lipinski definition) is 4. The lowest BCUT2D eigenvalue weighted by atomic mass is 10.0. The minimum atomic E-state index is 0.208. The Labute approximate surface area is 330 Å². The lowest BCUT2D eigenvalue weighted by Gasteiger charge is -2.16. The number of rotatable bonds is 10. The fraction of sp³-hybridized carbons (Fsp3) is 0.208. The Bertz CT molecular complexity index is 2180. The minimum Gasteiger partial charge on any atom is -0.475 e. The van der Waals surface area contributed by atoms with Crippen molar-refractivity contribution >= 4 is 45.9 Å². The summed E-state index contributed by atoms with van der Waals surface area (Å²) >= 11 is 0. The van der Waals surface area contributed by atoms with Crippen molar-refractivity contribution in [2.24, 2.45) is 21.8 Å². The highest BCUT2D eigenvalue weighted by Gasteiger charge is 2.26. The molecule has 0 spiro atoms. The van der Waals surface area contributed by atoms with Crippen molar-refractivity contribution in [1.29, 1.82) is 0 Å². The summed E-state index contributed by atoms with van der Waals surface area (Å²) in [4.78, 5) is 9.58. The summed E-state index contributed by atoms with van der Waals surface area (Å²) in [6.45, 7) is 9.96. The van der Waals surface area contributed by atoms with Gasteiger partial charge in [-0.3, -0.25) is 0 Å². The molecule has 8 rings (SSSR count). The van der Waals surface area contributed by atoms with E-state index in [0.29, 0.717) is 36.8 Å². The molecule has 0 unspecified atom stereocenters. The first-order valence-electron chi connectivity index (χ1n) is 19.3. The Hall–Kier alpha value is -6.54. The Morgan fingerprint density at radius 2 is 0.714 bits per heavy atom. The van der Waals surface area contributed by atoms with Crippen molar-refractivity contribution in [3.8, 4) is 22.3 Å². The molecule has 284 valence electrons. The summed E-state index contributed by atoms with van der Waals surface area (Å²) < 4.78 is 11.8. The van der Waals surface area contributed by atoms with Gasteiger partial charge in [0.1, 0.15) is 13.2 Å². The maximum absolute atomic E-state index is 6.22. The van der Waals surface area contributed by atoms with Crippen molar-refractivity contribution in [1.82, 2.24) is 0 Å². The van der Waals surface area contributed by atoms with Crippen LogP contribution in [0.25, 0.3) is 22.3 Å². The van der Waals surface area contributed by atoms with E-state index < -0.39 is 0 Å². The van der Waals surface area contributed by atoms with Crippen LogP contribution in [-0.2, 0) is 9.47 Å². The quantitative estimate of drug-likeness (QED) is 0.104. The van der Waals surface area contributed by atoms with Crippen molar-refractivity contribution < 1.29 is 9.47 Å². The fourth-order valence-corrected chi connectivity index (χ4v) is 6.74. The Morgan fingerprint density at radius 3 is 1.04 bits per heavy atom. The van der Waals surface area contributed by atoms with Crippen LogP contribution < -0.4 is 22.1 Å². The second-order valence-electron chi connectivity index (χ2n) is 14.7. The molecule has 0 aromatic heterocycles. The first kappa shape index (κ1) is 37.8. The zero-order valence-corrected chi connectivity index (χ0v) is 32.4. The molecule has 8 heteroatoms. The molecule has 0 saturated carbocycles. The molecular formula is C48H50N6O2. The van der Waals surface area contributed by atoms with E-state index in [2.05, 4.69) is 74.7 Å². The van der Waals surface area contributed by atoms with Crippen molar-refractivity contribution in [2.45, 2.75) is 39.8 Å². The first-order chi connectivity index (χ1) is 27.3. The van der Waals surface area contributed by atoms with Gasteiger partial charge in [-0.2, -0.15) is 0 Å². The smallest absolute Gasteiger partial charge is 0.218 e. The number of nitrogens with zero attached hydrogens (tertiary/aromatic N) is 2. The molecule has 0 fully saturated rings. The third kappa shape index (κ3) is 8.55. The van der Waals surface area contributed by atoms with Crippen molar-refractivity contribution in [2.75, 3.05) is 35.3 Å². The van der Waals surface area contributed by atoms with Gasteiger partial charge in [-0.1, -0.05) is 125 Å². The second-order valence-corrected chi connectivity index (χ2v) is 14.7. The summed E-state index contributed by atoms with van der Waals surface area (Å²) in [5, 5.41) is 7.14. The number of ether oxygens (including phenoxy) is 2. The molecule has 6 aromatic carbocycles. The highest BCUT2D eigenvalue weighted by Crippen LogP contribution is 2.36. The third-order valence-corrected chi connectivity index (χ3v) is 10.1. The molecule has 0 radical (unpaired) electrons. The van der Waals surface area contributed by atoms with Crippen LogP contribution >= 0.6 is 0 Å². The molecule has 2 aliphatic rings. The molecular weight excluding hydrogens is 693 g/mol. The average Bonchev–Trinajstić information content (AvgIpc) is 3.92. The van der Waals surface area contributed by atoms with Gasteiger partial charge in [-0.15, -0.1) is 0 Å². The van der Waals surface area contributed by atoms with Gasteiger partial charge in [0.2, 0.25) is 11.8 Å². The van der Waals surface area contributed by atoms with Crippen LogP contribution in [0.1, 0.15) is 38.8 Å². The largest absolute Gasteiger partial charge is 0.475 e. The average molecular weight is 743 g/mol. The van der Waals surface area contributed by atoms with Crippen molar-refractivity contribution in [3.63, 3.8) is 0 Å². The summed E-state index contributed by atoms with van der Waals surface area (Å²) in [5.41, 5.74) is 24.0. The number of nitrogens with two attached hydrogens (primary N) is 2. The number of benzene rings is 6. The Morgan fingerprint density at radius 1 is 0.429 bits per heavy atom. The van der Waals surface area contributed by atoms with Crippen LogP contribution in [0.5, 0.6) is 0 Å². The molecule has 2 aliphatic heterocycles.